The van der Waals surface area contributed by atoms with E-state index in [4.69, 9.17) is 0 Å². The molecule has 1 nitrogen and oxygen atoms in total. The minimum absolute atomic E-state index is 0.168. The van der Waals surface area contributed by atoms with Gasteiger partial charge in [0.15, 0.2) is 0 Å². The molecule has 1 N–H and O–H groups in total. The van der Waals surface area contributed by atoms with Crippen LogP contribution < -0.4 is 5.32 Å². The van der Waals surface area contributed by atoms with E-state index in [1.807, 2.05) is 20.0 Å². The normalized spacial score (nSPS) is 12.8. The number of halogens is 1. The van der Waals surface area contributed by atoms with E-state index in [2.05, 4.69) is 18.0 Å². The van der Waals surface area contributed by atoms with E-state index in [0.717, 1.165) is 22.9 Å². The van der Waals surface area contributed by atoms with Gasteiger partial charge in [-0.2, -0.15) is 0 Å². The summed E-state index contributed by atoms with van der Waals surface area (Å²) in [5, 5.41) is 4.44. The average molecular weight is 263 g/mol. The summed E-state index contributed by atoms with van der Waals surface area (Å²) in [7, 11) is 1.97. The molecule has 1 unspecified atom stereocenters. The highest BCUT2D eigenvalue weighted by Crippen LogP contribution is 2.32. The molecule has 1 aromatic carbocycles. The molecule has 0 fully saturated rings. The third-order valence-electron chi connectivity index (χ3n) is 3.05. The van der Waals surface area contributed by atoms with Crippen molar-refractivity contribution >= 4 is 21.4 Å². The molecule has 0 saturated heterocycles. The number of allylic oxidation sites excluding steroid dienone is 1. The van der Waals surface area contributed by atoms with Crippen LogP contribution in [0.5, 0.6) is 0 Å². The molecule has 3 heteroatoms. The van der Waals surface area contributed by atoms with Crippen LogP contribution in [-0.4, -0.2) is 7.05 Å². The van der Waals surface area contributed by atoms with Crippen molar-refractivity contribution in [3.05, 3.63) is 47.1 Å². The lowest BCUT2D eigenvalue weighted by atomic mass is 10.1. The molecule has 2 rings (SSSR count). The Morgan fingerprint density at radius 2 is 2.22 bits per heavy atom. The zero-order valence-corrected chi connectivity index (χ0v) is 11.6. The van der Waals surface area contributed by atoms with Gasteiger partial charge in [0.25, 0.3) is 0 Å². The highest BCUT2D eigenvalue weighted by atomic mass is 32.1. The molecule has 18 heavy (non-hydrogen) atoms. The number of thiophene rings is 1. The highest BCUT2D eigenvalue weighted by molar-refractivity contribution is 7.19. The maximum atomic E-state index is 13.2. The molecule has 0 bridgehead atoms. The summed E-state index contributed by atoms with van der Waals surface area (Å²) in [6.45, 7) is 5.98. The van der Waals surface area contributed by atoms with E-state index < -0.39 is 0 Å². The van der Waals surface area contributed by atoms with Crippen LogP contribution in [0.25, 0.3) is 10.1 Å². The zero-order chi connectivity index (χ0) is 13.1. The van der Waals surface area contributed by atoms with E-state index in [-0.39, 0.29) is 5.82 Å². The number of fused-ring (bicyclic) bond motifs is 1. The summed E-state index contributed by atoms with van der Waals surface area (Å²) < 4.78 is 14.2. The van der Waals surface area contributed by atoms with Crippen molar-refractivity contribution in [3.8, 4) is 0 Å². The second-order valence-corrected chi connectivity index (χ2v) is 5.78. The Hall–Kier alpha value is -1.19. The lowest BCUT2D eigenvalue weighted by Gasteiger charge is -2.13. The standard InChI is InChI=1S/C15H18FNS/c1-10(2)4-7-13(17-3)15-8-11-5-6-12(16)9-14(11)18-15/h5-6,8-9,13,17H,1,4,7H2,2-3H3. The van der Waals surface area contributed by atoms with Crippen molar-refractivity contribution in [2.75, 3.05) is 7.05 Å². The van der Waals surface area contributed by atoms with Crippen molar-refractivity contribution in [2.45, 2.75) is 25.8 Å². The molecule has 0 aliphatic rings. The Morgan fingerprint density at radius 1 is 1.44 bits per heavy atom. The van der Waals surface area contributed by atoms with Crippen molar-refractivity contribution in [1.29, 1.82) is 0 Å². The predicted octanol–water partition coefficient (Wildman–Crippen LogP) is 4.66. The number of rotatable bonds is 5. The fourth-order valence-corrected chi connectivity index (χ4v) is 3.25. The van der Waals surface area contributed by atoms with Crippen LogP contribution in [0.4, 0.5) is 4.39 Å². The second-order valence-electron chi connectivity index (χ2n) is 4.67. The maximum Gasteiger partial charge on any atom is 0.124 e. The van der Waals surface area contributed by atoms with Crippen LogP contribution in [0.3, 0.4) is 0 Å². The molecule has 0 spiro atoms. The lowest BCUT2D eigenvalue weighted by molar-refractivity contribution is 0.557. The van der Waals surface area contributed by atoms with Crippen LogP contribution >= 0.6 is 11.3 Å². The molecule has 1 aromatic heterocycles. The summed E-state index contributed by atoms with van der Waals surface area (Å²) in [6, 6.07) is 7.44. The molecule has 96 valence electrons. The third kappa shape index (κ3) is 2.98. The van der Waals surface area contributed by atoms with E-state index in [1.54, 1.807) is 17.4 Å². The van der Waals surface area contributed by atoms with E-state index in [9.17, 15) is 4.39 Å². The third-order valence-corrected chi connectivity index (χ3v) is 4.26. The van der Waals surface area contributed by atoms with Gasteiger partial charge in [0.05, 0.1) is 0 Å². The van der Waals surface area contributed by atoms with Gasteiger partial charge < -0.3 is 5.32 Å². The first kappa shape index (κ1) is 13.2. The van der Waals surface area contributed by atoms with Gasteiger partial charge in [-0.1, -0.05) is 11.6 Å². The minimum atomic E-state index is -0.168. The van der Waals surface area contributed by atoms with Crippen molar-refractivity contribution in [2.24, 2.45) is 0 Å². The molecule has 1 atom stereocenters. The van der Waals surface area contributed by atoms with Gasteiger partial charge in [-0.05, 0) is 50.4 Å². The van der Waals surface area contributed by atoms with Crippen LogP contribution in [0.15, 0.2) is 36.4 Å². The highest BCUT2D eigenvalue weighted by Gasteiger charge is 2.12. The van der Waals surface area contributed by atoms with E-state index in [0.29, 0.717) is 6.04 Å². The summed E-state index contributed by atoms with van der Waals surface area (Å²) in [5.41, 5.74) is 1.20. The molecule has 0 aliphatic carbocycles. The first-order valence-corrected chi connectivity index (χ1v) is 6.92. The number of nitrogens with one attached hydrogen (secondary N) is 1. The van der Waals surface area contributed by atoms with Crippen LogP contribution in [-0.2, 0) is 0 Å². The lowest BCUT2D eigenvalue weighted by Crippen LogP contribution is -2.14. The van der Waals surface area contributed by atoms with Gasteiger partial charge in [-0.15, -0.1) is 17.9 Å². The largest absolute Gasteiger partial charge is 0.312 e. The summed E-state index contributed by atoms with van der Waals surface area (Å²) in [6.07, 6.45) is 2.04. The Bertz CT molecular complexity index is 559. The van der Waals surface area contributed by atoms with Gasteiger partial charge >= 0.3 is 0 Å². The molecular weight excluding hydrogens is 245 g/mol. The first-order valence-electron chi connectivity index (χ1n) is 6.11. The van der Waals surface area contributed by atoms with E-state index >= 15 is 0 Å². The molecule has 0 radical (unpaired) electrons. The molecule has 0 saturated carbocycles. The van der Waals surface area contributed by atoms with Gasteiger partial charge in [0.1, 0.15) is 5.82 Å². The fourth-order valence-electron chi connectivity index (χ4n) is 2.02. The Balaban J connectivity index is 2.25. The minimum Gasteiger partial charge on any atom is -0.312 e. The number of hydrogen-bond donors (Lipinski definition) is 1. The Labute approximate surface area is 111 Å². The quantitative estimate of drug-likeness (QED) is 0.774. The SMILES string of the molecule is C=C(C)CCC(NC)c1cc2ccc(F)cc2s1. The van der Waals surface area contributed by atoms with Crippen LogP contribution in [0.2, 0.25) is 0 Å². The predicted molar refractivity (Wildman–Crippen MR) is 77.6 cm³/mol. The fraction of sp³-hybridized carbons (Fsp3) is 0.333. The summed E-state index contributed by atoms with van der Waals surface area (Å²) in [4.78, 5) is 1.26. The summed E-state index contributed by atoms with van der Waals surface area (Å²) >= 11 is 1.66. The van der Waals surface area contributed by atoms with Gasteiger partial charge in [0.2, 0.25) is 0 Å². The van der Waals surface area contributed by atoms with Gasteiger partial charge in [-0.3, -0.25) is 0 Å². The molecule has 1 heterocycles. The maximum absolute atomic E-state index is 13.2. The second kappa shape index (κ2) is 5.63. The number of hydrogen-bond acceptors (Lipinski definition) is 2. The zero-order valence-electron chi connectivity index (χ0n) is 10.8. The van der Waals surface area contributed by atoms with E-state index in [1.165, 1.54) is 16.5 Å². The van der Waals surface area contributed by atoms with Gasteiger partial charge in [0, 0.05) is 15.6 Å². The average Bonchev–Trinajstić information content (AvgIpc) is 2.72. The van der Waals surface area contributed by atoms with Crippen molar-refractivity contribution in [1.82, 2.24) is 5.32 Å². The molecule has 0 amide bonds. The smallest absolute Gasteiger partial charge is 0.124 e. The Morgan fingerprint density at radius 3 is 2.89 bits per heavy atom. The molecule has 2 aromatic rings. The molecular formula is C15H18FNS. The van der Waals surface area contributed by atoms with Gasteiger partial charge in [-0.25, -0.2) is 4.39 Å². The Kier molecular flexibility index (Phi) is 4.15. The monoisotopic (exact) mass is 263 g/mol. The van der Waals surface area contributed by atoms with Crippen LogP contribution in [0, 0.1) is 5.82 Å². The molecule has 0 aliphatic heterocycles. The van der Waals surface area contributed by atoms with Crippen molar-refractivity contribution < 1.29 is 4.39 Å². The topological polar surface area (TPSA) is 12.0 Å². The number of benzene rings is 1. The first-order chi connectivity index (χ1) is 8.60. The van der Waals surface area contributed by atoms with Crippen molar-refractivity contribution in [3.63, 3.8) is 0 Å². The van der Waals surface area contributed by atoms with Crippen LogP contribution in [0.1, 0.15) is 30.7 Å². The summed E-state index contributed by atoms with van der Waals surface area (Å²) in [5.74, 6) is -0.168.